The van der Waals surface area contributed by atoms with E-state index in [0.717, 1.165) is 6.20 Å². The number of aliphatic carboxylic acids is 1. The van der Waals surface area contributed by atoms with Crippen molar-refractivity contribution in [1.82, 2.24) is 4.98 Å². The molecule has 3 atom stereocenters. The minimum Gasteiger partial charge on any atom is -0.481 e. The molecule has 1 N–H and O–H groups in total. The normalized spacial score (nSPS) is 26.5. The number of halogens is 2. The summed E-state index contributed by atoms with van der Waals surface area (Å²) < 4.78 is 27.5. The van der Waals surface area contributed by atoms with Crippen LogP contribution in [0.2, 0.25) is 0 Å². The lowest BCUT2D eigenvalue weighted by molar-refractivity contribution is -0.145. The van der Waals surface area contributed by atoms with Gasteiger partial charge in [-0.3, -0.25) is 9.78 Å². The number of hydrogen-bond acceptors (Lipinski definition) is 2. The molecule has 2 aromatic rings. The van der Waals surface area contributed by atoms with Gasteiger partial charge in [0.05, 0.1) is 11.6 Å². The van der Waals surface area contributed by atoms with Gasteiger partial charge in [0.25, 0.3) is 0 Å². The molecule has 0 bridgehead atoms. The Bertz CT molecular complexity index is 793. The molecular weight excluding hydrogens is 312 g/mol. The molecule has 3 rings (SSSR count). The number of benzene rings is 1. The van der Waals surface area contributed by atoms with Gasteiger partial charge in [-0.15, -0.1) is 0 Å². The molecule has 1 fully saturated rings. The molecule has 0 spiro atoms. The number of nitrogens with zero attached hydrogens (tertiary/aromatic N) is 1. The molecule has 0 amide bonds. The first kappa shape index (κ1) is 16.6. The summed E-state index contributed by atoms with van der Waals surface area (Å²) in [7, 11) is 0. The number of aromatic nitrogens is 1. The summed E-state index contributed by atoms with van der Waals surface area (Å²) in [4.78, 5) is 16.1. The van der Waals surface area contributed by atoms with Gasteiger partial charge in [-0.1, -0.05) is 19.1 Å². The van der Waals surface area contributed by atoms with Crippen molar-refractivity contribution >= 4 is 5.97 Å². The van der Waals surface area contributed by atoms with Crippen molar-refractivity contribution in [3.63, 3.8) is 0 Å². The highest BCUT2D eigenvalue weighted by Gasteiger charge is 2.53. The zero-order chi connectivity index (χ0) is 17.5. The van der Waals surface area contributed by atoms with Gasteiger partial charge in [-0.05, 0) is 60.4 Å². The lowest BCUT2D eigenvalue weighted by atomic mass is 9.69. The third-order valence-corrected chi connectivity index (χ3v) is 5.51. The second-order valence-corrected chi connectivity index (χ2v) is 6.56. The van der Waals surface area contributed by atoms with E-state index in [1.165, 1.54) is 12.1 Å². The fourth-order valence-electron chi connectivity index (χ4n) is 4.18. The van der Waals surface area contributed by atoms with Crippen LogP contribution in [-0.4, -0.2) is 16.1 Å². The molecule has 1 aliphatic carbocycles. The molecule has 126 valence electrons. The highest BCUT2D eigenvalue weighted by molar-refractivity contribution is 5.83. The maximum absolute atomic E-state index is 14.0. The molecule has 1 aromatic carbocycles. The highest BCUT2D eigenvalue weighted by atomic mass is 19.1. The monoisotopic (exact) mass is 331 g/mol. The van der Waals surface area contributed by atoms with Crippen molar-refractivity contribution in [2.45, 2.75) is 38.0 Å². The Hall–Kier alpha value is -2.30. The van der Waals surface area contributed by atoms with Crippen molar-refractivity contribution in [3.05, 3.63) is 65.0 Å². The third kappa shape index (κ3) is 2.39. The summed E-state index contributed by atoms with van der Waals surface area (Å²) >= 11 is 0. The largest absolute Gasteiger partial charge is 0.481 e. The minimum atomic E-state index is -1.18. The summed E-state index contributed by atoms with van der Waals surface area (Å²) in [6.07, 6.45) is 3.69. The molecule has 1 aliphatic rings. The van der Waals surface area contributed by atoms with Gasteiger partial charge in [0.2, 0.25) is 0 Å². The number of carboxylic acids is 1. The first-order valence-corrected chi connectivity index (χ1v) is 7.97. The lowest BCUT2D eigenvalue weighted by Gasteiger charge is -2.33. The predicted molar refractivity (Wildman–Crippen MR) is 85.8 cm³/mol. The molecule has 1 heterocycles. The summed E-state index contributed by atoms with van der Waals surface area (Å²) in [5, 5.41) is 10.0. The fraction of sp³-hybridized carbons (Fsp3) is 0.368. The van der Waals surface area contributed by atoms with Crippen molar-refractivity contribution < 1.29 is 18.7 Å². The van der Waals surface area contributed by atoms with Crippen LogP contribution in [0.15, 0.2) is 36.7 Å². The van der Waals surface area contributed by atoms with E-state index in [9.17, 15) is 18.7 Å². The van der Waals surface area contributed by atoms with Gasteiger partial charge in [-0.2, -0.15) is 0 Å². The average molecular weight is 331 g/mol. The minimum absolute atomic E-state index is 0.132. The van der Waals surface area contributed by atoms with Crippen LogP contribution in [0.4, 0.5) is 8.78 Å². The topological polar surface area (TPSA) is 50.2 Å². The van der Waals surface area contributed by atoms with E-state index in [-0.39, 0.29) is 11.8 Å². The molecule has 1 aromatic heterocycles. The summed E-state index contributed by atoms with van der Waals surface area (Å²) in [5.41, 5.74) is 0.391. The molecule has 2 unspecified atom stereocenters. The van der Waals surface area contributed by atoms with Crippen LogP contribution >= 0.6 is 0 Å². The van der Waals surface area contributed by atoms with E-state index in [2.05, 4.69) is 4.98 Å². The standard InChI is InChI=1S/C19H19F2NO2/c1-11-16(4-3-5-17(11)21)19(18(23)24)7-6-15(12(19)2)13-8-14(20)10-22-9-13/h3-5,8-10,12,15H,6-7H2,1-2H3,(H,23,24)/t12?,15?,19-/m0/s1. The van der Waals surface area contributed by atoms with Crippen LogP contribution < -0.4 is 0 Å². The van der Waals surface area contributed by atoms with Crippen molar-refractivity contribution in [1.29, 1.82) is 0 Å². The predicted octanol–water partition coefficient (Wildman–Crippen LogP) is 4.20. The van der Waals surface area contributed by atoms with Crippen LogP contribution in [0.1, 0.15) is 42.4 Å². The molecule has 3 nitrogen and oxygen atoms in total. The molecule has 0 saturated heterocycles. The Labute approximate surface area is 139 Å². The fourth-order valence-corrected chi connectivity index (χ4v) is 4.18. The van der Waals surface area contributed by atoms with Gasteiger partial charge >= 0.3 is 5.97 Å². The van der Waals surface area contributed by atoms with Crippen LogP contribution in [0, 0.1) is 24.5 Å². The van der Waals surface area contributed by atoms with E-state index in [1.54, 1.807) is 25.3 Å². The lowest BCUT2D eigenvalue weighted by Crippen LogP contribution is -2.40. The highest BCUT2D eigenvalue weighted by Crippen LogP contribution is 2.53. The average Bonchev–Trinajstić information content (AvgIpc) is 2.88. The molecule has 0 aliphatic heterocycles. The van der Waals surface area contributed by atoms with E-state index in [4.69, 9.17) is 0 Å². The quantitative estimate of drug-likeness (QED) is 0.917. The zero-order valence-corrected chi connectivity index (χ0v) is 13.6. The molecule has 1 saturated carbocycles. The zero-order valence-electron chi connectivity index (χ0n) is 13.6. The Morgan fingerprint density at radius 3 is 2.75 bits per heavy atom. The van der Waals surface area contributed by atoms with Gasteiger partial charge in [0.15, 0.2) is 0 Å². The van der Waals surface area contributed by atoms with Crippen LogP contribution in [0.25, 0.3) is 0 Å². The SMILES string of the molecule is Cc1c(F)cccc1[C@]1(C(=O)O)CCC(c2cncc(F)c2)C1C. The number of carboxylic acid groups (broad SMARTS) is 1. The Balaban J connectivity index is 2.10. The van der Waals surface area contributed by atoms with Crippen LogP contribution in [0.3, 0.4) is 0 Å². The third-order valence-electron chi connectivity index (χ3n) is 5.51. The maximum Gasteiger partial charge on any atom is 0.314 e. The number of rotatable bonds is 3. The molecule has 24 heavy (non-hydrogen) atoms. The van der Waals surface area contributed by atoms with E-state index < -0.39 is 23.0 Å². The second-order valence-electron chi connectivity index (χ2n) is 6.56. The Morgan fingerprint density at radius 2 is 2.08 bits per heavy atom. The van der Waals surface area contributed by atoms with Gasteiger partial charge in [0, 0.05) is 6.20 Å². The second kappa shape index (κ2) is 5.96. The summed E-state index contributed by atoms with van der Waals surface area (Å²) in [6.45, 7) is 3.46. The molecule has 5 heteroatoms. The first-order chi connectivity index (χ1) is 11.4. The Morgan fingerprint density at radius 1 is 1.33 bits per heavy atom. The van der Waals surface area contributed by atoms with Crippen molar-refractivity contribution in [3.8, 4) is 0 Å². The number of pyridine rings is 1. The summed E-state index contributed by atoms with van der Waals surface area (Å²) in [6, 6.07) is 5.98. The summed E-state index contributed by atoms with van der Waals surface area (Å²) in [5.74, 6) is -2.24. The number of hydrogen-bond donors (Lipinski definition) is 1. The van der Waals surface area contributed by atoms with E-state index in [0.29, 0.717) is 29.5 Å². The number of carbonyl (C=O) groups is 1. The van der Waals surface area contributed by atoms with Gasteiger partial charge in [0.1, 0.15) is 11.6 Å². The maximum atomic E-state index is 14.0. The Kier molecular flexibility index (Phi) is 4.11. The van der Waals surface area contributed by atoms with Crippen LogP contribution in [-0.2, 0) is 10.2 Å². The van der Waals surface area contributed by atoms with Gasteiger partial charge < -0.3 is 5.11 Å². The smallest absolute Gasteiger partial charge is 0.314 e. The van der Waals surface area contributed by atoms with Gasteiger partial charge in [-0.25, -0.2) is 8.78 Å². The first-order valence-electron chi connectivity index (χ1n) is 7.97. The van der Waals surface area contributed by atoms with E-state index >= 15 is 0 Å². The van der Waals surface area contributed by atoms with Crippen molar-refractivity contribution in [2.24, 2.45) is 5.92 Å². The van der Waals surface area contributed by atoms with E-state index in [1.807, 2.05) is 6.92 Å². The van der Waals surface area contributed by atoms with Crippen molar-refractivity contribution in [2.75, 3.05) is 0 Å². The van der Waals surface area contributed by atoms with Crippen LogP contribution in [0.5, 0.6) is 0 Å². The molecule has 0 radical (unpaired) electrons. The molecular formula is C19H19F2NO2.